The highest BCUT2D eigenvalue weighted by Crippen LogP contribution is 2.29. The third-order valence-corrected chi connectivity index (χ3v) is 4.22. The molecule has 2 rings (SSSR count). The fraction of sp³-hybridized carbons (Fsp3) is 0.250. The SMILES string of the molecule is CCc1nnc(SCC(=O)O)n1-c1cc(Br)ccc1Cl. The van der Waals surface area contributed by atoms with Crippen LogP contribution in [0.1, 0.15) is 12.7 Å². The van der Waals surface area contributed by atoms with Gasteiger partial charge in [-0.3, -0.25) is 9.36 Å². The highest BCUT2D eigenvalue weighted by Gasteiger charge is 2.16. The van der Waals surface area contributed by atoms with Crippen LogP contribution in [0.4, 0.5) is 0 Å². The second-order valence-electron chi connectivity index (χ2n) is 3.87. The maximum Gasteiger partial charge on any atom is 0.313 e. The number of aromatic nitrogens is 3. The van der Waals surface area contributed by atoms with Crippen molar-refractivity contribution in [3.05, 3.63) is 33.5 Å². The number of aryl methyl sites for hydroxylation is 1. The van der Waals surface area contributed by atoms with Crippen molar-refractivity contribution in [2.24, 2.45) is 0 Å². The summed E-state index contributed by atoms with van der Waals surface area (Å²) in [7, 11) is 0. The minimum Gasteiger partial charge on any atom is -0.481 e. The van der Waals surface area contributed by atoms with Crippen LogP contribution in [0.15, 0.2) is 27.8 Å². The third-order valence-electron chi connectivity index (χ3n) is 2.49. The molecule has 0 fully saturated rings. The zero-order valence-electron chi connectivity index (χ0n) is 10.5. The zero-order valence-corrected chi connectivity index (χ0v) is 13.7. The van der Waals surface area contributed by atoms with E-state index < -0.39 is 5.97 Å². The predicted octanol–water partition coefficient (Wildman–Crippen LogP) is 3.42. The molecule has 8 heteroatoms. The first-order valence-electron chi connectivity index (χ1n) is 5.77. The lowest BCUT2D eigenvalue weighted by molar-refractivity contribution is -0.133. The molecule has 2 aromatic rings. The van der Waals surface area contributed by atoms with Gasteiger partial charge in [0.25, 0.3) is 0 Å². The number of hydrogen-bond donors (Lipinski definition) is 1. The fourth-order valence-corrected chi connectivity index (χ4v) is 2.88. The second kappa shape index (κ2) is 6.60. The number of carbonyl (C=O) groups is 1. The number of aliphatic carboxylic acids is 1. The number of hydrogen-bond acceptors (Lipinski definition) is 4. The van der Waals surface area contributed by atoms with Crippen LogP contribution in [-0.4, -0.2) is 31.6 Å². The van der Waals surface area contributed by atoms with Gasteiger partial charge in [0.15, 0.2) is 5.16 Å². The van der Waals surface area contributed by atoms with Crippen molar-refractivity contribution in [2.75, 3.05) is 5.75 Å². The Morgan fingerprint density at radius 1 is 1.50 bits per heavy atom. The molecule has 0 saturated carbocycles. The van der Waals surface area contributed by atoms with Gasteiger partial charge in [0.1, 0.15) is 5.82 Å². The van der Waals surface area contributed by atoms with Gasteiger partial charge in [-0.15, -0.1) is 10.2 Å². The van der Waals surface area contributed by atoms with Gasteiger partial charge >= 0.3 is 5.97 Å². The highest BCUT2D eigenvalue weighted by atomic mass is 79.9. The molecule has 0 unspecified atom stereocenters. The lowest BCUT2D eigenvalue weighted by Crippen LogP contribution is -2.05. The van der Waals surface area contributed by atoms with E-state index in [2.05, 4.69) is 26.1 Å². The van der Waals surface area contributed by atoms with E-state index in [-0.39, 0.29) is 5.75 Å². The number of benzene rings is 1. The van der Waals surface area contributed by atoms with Crippen molar-refractivity contribution in [1.29, 1.82) is 0 Å². The molecule has 0 saturated heterocycles. The number of rotatable bonds is 5. The van der Waals surface area contributed by atoms with Crippen molar-refractivity contribution in [3.63, 3.8) is 0 Å². The minimum absolute atomic E-state index is 0.0759. The molecule has 0 aliphatic heterocycles. The maximum absolute atomic E-state index is 10.7. The molecular weight excluding hydrogens is 366 g/mol. The normalized spacial score (nSPS) is 10.8. The number of thioether (sulfide) groups is 1. The van der Waals surface area contributed by atoms with E-state index in [9.17, 15) is 4.79 Å². The van der Waals surface area contributed by atoms with Gasteiger partial charge in [-0.25, -0.2) is 0 Å². The smallest absolute Gasteiger partial charge is 0.313 e. The summed E-state index contributed by atoms with van der Waals surface area (Å²) in [6, 6.07) is 5.47. The Balaban J connectivity index is 2.50. The summed E-state index contributed by atoms with van der Waals surface area (Å²) < 4.78 is 2.67. The van der Waals surface area contributed by atoms with Crippen molar-refractivity contribution >= 4 is 45.3 Å². The quantitative estimate of drug-likeness (QED) is 0.810. The molecule has 1 heterocycles. The average molecular weight is 377 g/mol. The van der Waals surface area contributed by atoms with Gasteiger partial charge in [-0.1, -0.05) is 46.2 Å². The van der Waals surface area contributed by atoms with Crippen molar-refractivity contribution in [2.45, 2.75) is 18.5 Å². The Morgan fingerprint density at radius 3 is 2.90 bits per heavy atom. The van der Waals surface area contributed by atoms with Crippen molar-refractivity contribution < 1.29 is 9.90 Å². The van der Waals surface area contributed by atoms with Gasteiger partial charge in [-0.05, 0) is 18.2 Å². The highest BCUT2D eigenvalue weighted by molar-refractivity contribution is 9.10. The van der Waals surface area contributed by atoms with E-state index in [4.69, 9.17) is 16.7 Å². The molecule has 0 amide bonds. The molecule has 0 radical (unpaired) electrons. The zero-order chi connectivity index (χ0) is 14.7. The van der Waals surface area contributed by atoms with Gasteiger partial charge in [0.2, 0.25) is 0 Å². The number of nitrogens with zero attached hydrogens (tertiary/aromatic N) is 3. The number of carboxylic acids is 1. The molecule has 1 aromatic heterocycles. The third kappa shape index (κ3) is 3.34. The fourth-order valence-electron chi connectivity index (χ4n) is 1.65. The molecular formula is C12H11BrClN3O2S. The summed E-state index contributed by atoms with van der Waals surface area (Å²) in [4.78, 5) is 10.7. The van der Waals surface area contributed by atoms with E-state index in [1.807, 2.05) is 19.1 Å². The molecule has 0 spiro atoms. The van der Waals surface area contributed by atoms with Gasteiger partial charge in [-0.2, -0.15) is 0 Å². The largest absolute Gasteiger partial charge is 0.481 e. The topological polar surface area (TPSA) is 68.0 Å². The maximum atomic E-state index is 10.7. The van der Waals surface area contributed by atoms with Gasteiger partial charge in [0, 0.05) is 10.9 Å². The van der Waals surface area contributed by atoms with Crippen LogP contribution < -0.4 is 0 Å². The Hall–Kier alpha value is -1.05. The molecule has 0 atom stereocenters. The lowest BCUT2D eigenvalue weighted by atomic mass is 10.3. The molecule has 106 valence electrons. The minimum atomic E-state index is -0.900. The van der Waals surface area contributed by atoms with E-state index in [0.29, 0.717) is 16.6 Å². The number of halogens is 2. The van der Waals surface area contributed by atoms with E-state index in [1.54, 1.807) is 10.6 Å². The summed E-state index contributed by atoms with van der Waals surface area (Å²) in [5.41, 5.74) is 0.732. The van der Waals surface area contributed by atoms with Gasteiger partial charge in [0.05, 0.1) is 16.5 Å². The lowest BCUT2D eigenvalue weighted by Gasteiger charge is -2.11. The Kier molecular flexibility index (Phi) is 5.06. The molecule has 0 bridgehead atoms. The van der Waals surface area contributed by atoms with Gasteiger partial charge < -0.3 is 5.11 Å². The van der Waals surface area contributed by atoms with Crippen LogP contribution in [0.2, 0.25) is 5.02 Å². The second-order valence-corrected chi connectivity index (χ2v) is 6.13. The van der Waals surface area contributed by atoms with Crippen molar-refractivity contribution in [1.82, 2.24) is 14.8 Å². The molecule has 1 aromatic carbocycles. The summed E-state index contributed by atoms with van der Waals surface area (Å²) in [5, 5.41) is 18.0. The Bertz CT molecular complexity index is 648. The van der Waals surface area contributed by atoms with E-state index in [1.165, 1.54) is 0 Å². The van der Waals surface area contributed by atoms with Crippen LogP contribution in [-0.2, 0) is 11.2 Å². The van der Waals surface area contributed by atoms with Crippen LogP contribution in [0.5, 0.6) is 0 Å². The standard InChI is InChI=1S/C12H11BrClN3O2S/c1-2-10-15-16-12(20-6-11(18)19)17(10)9-5-7(13)3-4-8(9)14/h3-5H,2,6H2,1H3,(H,18,19). The van der Waals surface area contributed by atoms with Crippen LogP contribution in [0.3, 0.4) is 0 Å². The molecule has 20 heavy (non-hydrogen) atoms. The first kappa shape index (κ1) is 15.3. The van der Waals surface area contributed by atoms with E-state index >= 15 is 0 Å². The molecule has 5 nitrogen and oxygen atoms in total. The molecule has 1 N–H and O–H groups in total. The Morgan fingerprint density at radius 2 is 2.25 bits per heavy atom. The van der Waals surface area contributed by atoms with E-state index in [0.717, 1.165) is 27.7 Å². The summed E-state index contributed by atoms with van der Waals surface area (Å²) >= 11 is 10.7. The molecule has 0 aliphatic carbocycles. The average Bonchev–Trinajstić information content (AvgIpc) is 2.82. The summed E-state index contributed by atoms with van der Waals surface area (Å²) in [6.07, 6.45) is 0.670. The van der Waals surface area contributed by atoms with Crippen LogP contribution in [0, 0.1) is 0 Å². The number of carboxylic acid groups (broad SMARTS) is 1. The van der Waals surface area contributed by atoms with Crippen molar-refractivity contribution in [3.8, 4) is 5.69 Å². The Labute approximate surface area is 133 Å². The van der Waals surface area contributed by atoms with Crippen LogP contribution in [0.25, 0.3) is 5.69 Å². The predicted molar refractivity (Wildman–Crippen MR) is 81.8 cm³/mol. The first-order chi connectivity index (χ1) is 9.52. The van der Waals surface area contributed by atoms with Crippen LogP contribution >= 0.6 is 39.3 Å². The molecule has 0 aliphatic rings. The summed E-state index contributed by atoms with van der Waals surface area (Å²) in [5.74, 6) is -0.242. The first-order valence-corrected chi connectivity index (χ1v) is 7.93. The summed E-state index contributed by atoms with van der Waals surface area (Å²) in [6.45, 7) is 1.96. The monoisotopic (exact) mass is 375 g/mol.